The summed E-state index contributed by atoms with van der Waals surface area (Å²) in [7, 11) is 0. The Morgan fingerprint density at radius 1 is 1.29 bits per heavy atom. The van der Waals surface area contributed by atoms with E-state index in [9.17, 15) is 9.59 Å². The quantitative estimate of drug-likeness (QED) is 0.774. The van der Waals surface area contributed by atoms with Crippen molar-refractivity contribution in [3.8, 4) is 0 Å². The van der Waals surface area contributed by atoms with Gasteiger partial charge in [-0.15, -0.1) is 0 Å². The van der Waals surface area contributed by atoms with E-state index in [1.807, 2.05) is 18.2 Å². The standard InChI is InChI=1S/C11H12BrN3O2/c12-8-1-2-9(7(3-8)4-13)15-5-10(16)14-11(17)6-15/h1-3H,4-6,13H2,(H,14,16,17). The Morgan fingerprint density at radius 2 is 1.94 bits per heavy atom. The SMILES string of the molecule is NCc1cc(Br)ccc1N1CC(=O)NC(=O)C1. The van der Waals surface area contributed by atoms with E-state index in [4.69, 9.17) is 5.73 Å². The highest BCUT2D eigenvalue weighted by Gasteiger charge is 2.23. The highest BCUT2D eigenvalue weighted by Crippen LogP contribution is 2.24. The van der Waals surface area contributed by atoms with Crippen LogP contribution in [0.2, 0.25) is 0 Å². The maximum atomic E-state index is 11.3. The minimum absolute atomic E-state index is 0.181. The van der Waals surface area contributed by atoms with Gasteiger partial charge >= 0.3 is 0 Å². The van der Waals surface area contributed by atoms with Gasteiger partial charge in [0.25, 0.3) is 0 Å². The van der Waals surface area contributed by atoms with Crippen LogP contribution in [-0.4, -0.2) is 24.9 Å². The number of nitrogens with two attached hydrogens (primary N) is 1. The summed E-state index contributed by atoms with van der Waals surface area (Å²) in [6.45, 7) is 0.724. The fourth-order valence-electron chi connectivity index (χ4n) is 1.83. The summed E-state index contributed by atoms with van der Waals surface area (Å²) in [6.07, 6.45) is 0. The van der Waals surface area contributed by atoms with E-state index in [1.165, 1.54) is 0 Å². The zero-order valence-electron chi connectivity index (χ0n) is 9.07. The molecule has 0 spiro atoms. The number of benzene rings is 1. The van der Waals surface area contributed by atoms with Crippen LogP contribution in [-0.2, 0) is 16.1 Å². The van der Waals surface area contributed by atoms with Crippen molar-refractivity contribution in [2.24, 2.45) is 5.73 Å². The van der Waals surface area contributed by atoms with Gasteiger partial charge in [0.1, 0.15) is 0 Å². The maximum Gasteiger partial charge on any atom is 0.246 e. The van der Waals surface area contributed by atoms with Crippen molar-refractivity contribution in [2.45, 2.75) is 6.54 Å². The lowest BCUT2D eigenvalue weighted by atomic mass is 10.1. The van der Waals surface area contributed by atoms with Gasteiger partial charge in [-0.25, -0.2) is 0 Å². The highest BCUT2D eigenvalue weighted by atomic mass is 79.9. The minimum atomic E-state index is -0.285. The van der Waals surface area contributed by atoms with Crippen LogP contribution in [0.25, 0.3) is 0 Å². The second kappa shape index (κ2) is 4.85. The number of hydrogen-bond acceptors (Lipinski definition) is 4. The maximum absolute atomic E-state index is 11.3. The predicted molar refractivity (Wildman–Crippen MR) is 67.4 cm³/mol. The van der Waals surface area contributed by atoms with E-state index in [2.05, 4.69) is 21.2 Å². The average Bonchev–Trinajstić information content (AvgIpc) is 2.27. The first-order valence-corrected chi connectivity index (χ1v) is 5.95. The van der Waals surface area contributed by atoms with Crippen molar-refractivity contribution in [3.05, 3.63) is 28.2 Å². The van der Waals surface area contributed by atoms with Crippen LogP contribution in [0.15, 0.2) is 22.7 Å². The predicted octanol–water partition coefficient (Wildman–Crippen LogP) is 0.371. The highest BCUT2D eigenvalue weighted by molar-refractivity contribution is 9.10. The number of imide groups is 1. The Bertz CT molecular complexity index is 460. The summed E-state index contributed by atoms with van der Waals surface area (Å²) in [5.41, 5.74) is 7.40. The lowest BCUT2D eigenvalue weighted by Gasteiger charge is -2.29. The van der Waals surface area contributed by atoms with Crippen LogP contribution in [0.5, 0.6) is 0 Å². The Morgan fingerprint density at radius 3 is 2.53 bits per heavy atom. The number of halogens is 1. The Labute approximate surface area is 107 Å². The van der Waals surface area contributed by atoms with Gasteiger partial charge < -0.3 is 10.6 Å². The number of carbonyl (C=O) groups excluding carboxylic acids is 2. The van der Waals surface area contributed by atoms with Crippen LogP contribution in [0.1, 0.15) is 5.56 Å². The summed E-state index contributed by atoms with van der Waals surface area (Å²) < 4.78 is 0.925. The summed E-state index contributed by atoms with van der Waals surface area (Å²) >= 11 is 3.36. The topological polar surface area (TPSA) is 75.4 Å². The molecule has 2 rings (SSSR count). The van der Waals surface area contributed by atoms with E-state index >= 15 is 0 Å². The van der Waals surface area contributed by atoms with Crippen molar-refractivity contribution in [3.63, 3.8) is 0 Å². The molecule has 2 amide bonds. The summed E-state index contributed by atoms with van der Waals surface area (Å²) in [5.74, 6) is -0.570. The molecule has 3 N–H and O–H groups in total. The third-order valence-corrected chi connectivity index (χ3v) is 3.04. The van der Waals surface area contributed by atoms with Crippen molar-refractivity contribution in [2.75, 3.05) is 18.0 Å². The van der Waals surface area contributed by atoms with Crippen LogP contribution >= 0.6 is 15.9 Å². The van der Waals surface area contributed by atoms with Gasteiger partial charge in [-0.1, -0.05) is 15.9 Å². The van der Waals surface area contributed by atoms with Crippen LogP contribution in [0, 0.1) is 0 Å². The number of nitrogens with one attached hydrogen (secondary N) is 1. The summed E-state index contributed by atoms with van der Waals surface area (Å²) in [5, 5.41) is 2.27. The molecule has 0 aromatic heterocycles. The fourth-order valence-corrected chi connectivity index (χ4v) is 2.24. The Hall–Kier alpha value is -1.40. The summed E-state index contributed by atoms with van der Waals surface area (Å²) in [6, 6.07) is 5.62. The molecule has 1 fully saturated rings. The first-order valence-electron chi connectivity index (χ1n) is 5.16. The monoisotopic (exact) mass is 297 g/mol. The van der Waals surface area contributed by atoms with Crippen molar-refractivity contribution in [1.82, 2.24) is 5.32 Å². The molecule has 1 aromatic carbocycles. The Balaban J connectivity index is 2.32. The Kier molecular flexibility index (Phi) is 3.44. The number of nitrogens with zero attached hydrogens (tertiary/aromatic N) is 1. The van der Waals surface area contributed by atoms with E-state index in [0.29, 0.717) is 6.54 Å². The number of piperazine rings is 1. The molecule has 0 saturated carbocycles. The third-order valence-electron chi connectivity index (χ3n) is 2.55. The van der Waals surface area contributed by atoms with Gasteiger partial charge in [-0.3, -0.25) is 14.9 Å². The first-order chi connectivity index (χ1) is 8.10. The number of anilines is 1. The molecule has 0 atom stereocenters. The number of carbonyl (C=O) groups is 2. The third kappa shape index (κ3) is 2.65. The molecule has 0 unspecified atom stereocenters. The lowest BCUT2D eigenvalue weighted by Crippen LogP contribution is -2.51. The molecule has 5 nitrogen and oxygen atoms in total. The van der Waals surface area contributed by atoms with Crippen molar-refractivity contribution < 1.29 is 9.59 Å². The van der Waals surface area contributed by atoms with Gasteiger partial charge in [0.2, 0.25) is 11.8 Å². The number of rotatable bonds is 2. The van der Waals surface area contributed by atoms with E-state index in [0.717, 1.165) is 15.7 Å². The molecule has 1 aliphatic heterocycles. The zero-order chi connectivity index (χ0) is 12.4. The molecule has 90 valence electrons. The molecular weight excluding hydrogens is 286 g/mol. The molecule has 6 heteroatoms. The molecule has 1 aromatic rings. The second-order valence-electron chi connectivity index (χ2n) is 3.80. The lowest BCUT2D eigenvalue weighted by molar-refractivity contribution is -0.130. The molecule has 1 aliphatic rings. The van der Waals surface area contributed by atoms with Crippen LogP contribution < -0.4 is 16.0 Å². The molecule has 1 saturated heterocycles. The van der Waals surface area contributed by atoms with Gasteiger partial charge in [-0.05, 0) is 23.8 Å². The van der Waals surface area contributed by atoms with E-state index < -0.39 is 0 Å². The van der Waals surface area contributed by atoms with Crippen molar-refractivity contribution in [1.29, 1.82) is 0 Å². The number of amides is 2. The average molecular weight is 298 g/mol. The normalized spacial score (nSPS) is 16.0. The fraction of sp³-hybridized carbons (Fsp3) is 0.273. The van der Waals surface area contributed by atoms with E-state index in [1.54, 1.807) is 4.90 Å². The minimum Gasteiger partial charge on any atom is -0.353 e. The second-order valence-corrected chi connectivity index (χ2v) is 4.72. The molecule has 17 heavy (non-hydrogen) atoms. The molecule has 0 radical (unpaired) electrons. The van der Waals surface area contributed by atoms with E-state index in [-0.39, 0.29) is 24.9 Å². The molecular formula is C11H12BrN3O2. The van der Waals surface area contributed by atoms with Gasteiger partial charge in [0.15, 0.2) is 0 Å². The largest absolute Gasteiger partial charge is 0.353 e. The summed E-state index contributed by atoms with van der Waals surface area (Å²) in [4.78, 5) is 24.4. The number of hydrogen-bond donors (Lipinski definition) is 2. The molecule has 0 bridgehead atoms. The van der Waals surface area contributed by atoms with Gasteiger partial charge in [-0.2, -0.15) is 0 Å². The van der Waals surface area contributed by atoms with Gasteiger partial charge in [0, 0.05) is 16.7 Å². The first kappa shape index (κ1) is 12.1. The van der Waals surface area contributed by atoms with Crippen LogP contribution in [0.3, 0.4) is 0 Å². The van der Waals surface area contributed by atoms with Crippen molar-refractivity contribution >= 4 is 33.4 Å². The molecule has 1 heterocycles. The van der Waals surface area contributed by atoms with Gasteiger partial charge in [0.05, 0.1) is 13.1 Å². The molecule has 0 aliphatic carbocycles. The smallest absolute Gasteiger partial charge is 0.246 e. The zero-order valence-corrected chi connectivity index (χ0v) is 10.7. The van der Waals surface area contributed by atoms with Crippen LogP contribution in [0.4, 0.5) is 5.69 Å².